The summed E-state index contributed by atoms with van der Waals surface area (Å²) in [6.45, 7) is 4.50. The van der Waals surface area contributed by atoms with Gasteiger partial charge in [0, 0.05) is 11.7 Å². The van der Waals surface area contributed by atoms with Gasteiger partial charge in [0.25, 0.3) is 0 Å². The van der Waals surface area contributed by atoms with Gasteiger partial charge in [-0.25, -0.2) is 12.8 Å². The third kappa shape index (κ3) is 3.15. The maximum atomic E-state index is 13.6. The molecule has 0 bridgehead atoms. The van der Waals surface area contributed by atoms with E-state index in [-0.39, 0.29) is 24.5 Å². The lowest BCUT2D eigenvalue weighted by Gasteiger charge is -2.15. The summed E-state index contributed by atoms with van der Waals surface area (Å²) in [6, 6.07) is 5.22. The van der Waals surface area contributed by atoms with E-state index in [1.807, 2.05) is 0 Å². The van der Waals surface area contributed by atoms with E-state index in [9.17, 15) is 22.4 Å². The largest absolute Gasteiger partial charge is 0.465 e. The number of hydrogen-bond donors (Lipinski definition) is 0. The van der Waals surface area contributed by atoms with E-state index in [0.717, 1.165) is 6.07 Å². The molecule has 1 aliphatic carbocycles. The molecule has 0 radical (unpaired) electrons. The van der Waals surface area contributed by atoms with Gasteiger partial charge in [0.2, 0.25) is 0 Å². The molecule has 1 aliphatic rings. The van der Waals surface area contributed by atoms with Crippen LogP contribution in [-0.4, -0.2) is 44.6 Å². The third-order valence-corrected chi connectivity index (χ3v) is 6.58. The topological polar surface area (TPSA) is 86.7 Å². The van der Waals surface area contributed by atoms with E-state index in [1.165, 1.54) is 25.1 Å². The highest BCUT2D eigenvalue weighted by atomic mass is 32.2. The zero-order valence-corrected chi connectivity index (χ0v) is 15.1. The standard InChI is InChI=1S/C17H21FO6S/c1-4-23-15(19)17(16(20)24-5-2)13(14(17)25(21,22)6-3)11-8-7-9-12(18)10-11/h7-10,13-14H,4-6H2,1-3H3/t13-,14+/m0/s1. The van der Waals surface area contributed by atoms with Crippen LogP contribution in [-0.2, 0) is 28.9 Å². The van der Waals surface area contributed by atoms with Gasteiger partial charge in [0.05, 0.1) is 18.5 Å². The summed E-state index contributed by atoms with van der Waals surface area (Å²) in [7, 11) is -3.79. The molecule has 0 N–H and O–H groups in total. The van der Waals surface area contributed by atoms with Gasteiger partial charge in [-0.15, -0.1) is 0 Å². The molecule has 1 saturated carbocycles. The molecule has 0 heterocycles. The number of rotatable bonds is 7. The van der Waals surface area contributed by atoms with Gasteiger partial charge in [0.1, 0.15) is 5.82 Å². The Hall–Kier alpha value is -1.96. The van der Waals surface area contributed by atoms with Crippen molar-refractivity contribution in [1.82, 2.24) is 0 Å². The molecular formula is C17H21FO6S. The zero-order valence-electron chi connectivity index (χ0n) is 14.3. The minimum atomic E-state index is -3.79. The molecule has 0 unspecified atom stereocenters. The monoisotopic (exact) mass is 372 g/mol. The Morgan fingerprint density at radius 1 is 1.12 bits per heavy atom. The van der Waals surface area contributed by atoms with Crippen LogP contribution in [0.2, 0.25) is 0 Å². The molecule has 6 nitrogen and oxygen atoms in total. The summed E-state index contributed by atoms with van der Waals surface area (Å²) in [5, 5.41) is -1.33. The van der Waals surface area contributed by atoms with Crippen molar-refractivity contribution in [3.63, 3.8) is 0 Å². The zero-order chi connectivity index (χ0) is 18.8. The summed E-state index contributed by atoms with van der Waals surface area (Å²) in [4.78, 5) is 25.2. The average Bonchev–Trinajstić information content (AvgIpc) is 3.28. The lowest BCUT2D eigenvalue weighted by Crippen LogP contribution is -2.36. The van der Waals surface area contributed by atoms with Crippen molar-refractivity contribution in [3.05, 3.63) is 35.6 Å². The van der Waals surface area contributed by atoms with Crippen LogP contribution in [0.5, 0.6) is 0 Å². The summed E-state index contributed by atoms with van der Waals surface area (Å²) < 4.78 is 48.7. The van der Waals surface area contributed by atoms with Crippen molar-refractivity contribution in [2.24, 2.45) is 5.41 Å². The van der Waals surface area contributed by atoms with Gasteiger partial charge < -0.3 is 9.47 Å². The molecule has 25 heavy (non-hydrogen) atoms. The summed E-state index contributed by atoms with van der Waals surface area (Å²) in [5.74, 6) is -3.79. The first-order valence-electron chi connectivity index (χ1n) is 8.08. The third-order valence-electron chi connectivity index (χ3n) is 4.36. The Labute approximate surface area is 146 Å². The summed E-state index contributed by atoms with van der Waals surface area (Å²) in [5.41, 5.74) is -1.74. The van der Waals surface area contributed by atoms with E-state index in [1.54, 1.807) is 13.8 Å². The number of sulfone groups is 1. The molecule has 1 aromatic rings. The lowest BCUT2D eigenvalue weighted by molar-refractivity contribution is -0.164. The minimum absolute atomic E-state index is 0.0191. The number of ether oxygens (including phenoxy) is 2. The van der Waals surface area contributed by atoms with Crippen molar-refractivity contribution >= 4 is 21.8 Å². The maximum absolute atomic E-state index is 13.6. The van der Waals surface area contributed by atoms with Crippen LogP contribution in [0, 0.1) is 11.2 Å². The van der Waals surface area contributed by atoms with Gasteiger partial charge in [-0.05, 0) is 31.5 Å². The number of carbonyl (C=O) groups excluding carboxylic acids is 2. The minimum Gasteiger partial charge on any atom is -0.465 e. The molecule has 0 aromatic heterocycles. The summed E-state index contributed by atoms with van der Waals surface area (Å²) >= 11 is 0. The van der Waals surface area contributed by atoms with E-state index in [2.05, 4.69) is 0 Å². The molecule has 0 spiro atoms. The van der Waals surface area contributed by atoms with Crippen LogP contribution >= 0.6 is 0 Å². The molecular weight excluding hydrogens is 351 g/mol. The van der Waals surface area contributed by atoms with Crippen molar-refractivity contribution < 1.29 is 31.9 Å². The Morgan fingerprint density at radius 2 is 1.68 bits per heavy atom. The number of hydrogen-bond acceptors (Lipinski definition) is 6. The maximum Gasteiger partial charge on any atom is 0.325 e. The number of halogens is 1. The SMILES string of the molecule is CCOC(=O)C1(C(=O)OCC)[C@H](S(=O)(=O)CC)[C@@H]1c1cccc(F)c1. The lowest BCUT2D eigenvalue weighted by atomic mass is 9.99. The second kappa shape index (κ2) is 7.11. The van der Waals surface area contributed by atoms with Crippen LogP contribution in [0.4, 0.5) is 4.39 Å². The molecule has 1 fully saturated rings. The van der Waals surface area contributed by atoms with E-state index in [4.69, 9.17) is 9.47 Å². The Balaban J connectivity index is 2.63. The van der Waals surface area contributed by atoms with Crippen molar-refractivity contribution in [2.75, 3.05) is 19.0 Å². The molecule has 8 heteroatoms. The molecule has 0 amide bonds. The number of benzene rings is 1. The van der Waals surface area contributed by atoms with Crippen molar-refractivity contribution in [1.29, 1.82) is 0 Å². The first-order chi connectivity index (χ1) is 11.8. The predicted molar refractivity (Wildman–Crippen MR) is 88.1 cm³/mol. The molecule has 0 saturated heterocycles. The predicted octanol–water partition coefficient (Wildman–Crippen LogP) is 1.84. The fourth-order valence-electron chi connectivity index (χ4n) is 3.23. The van der Waals surface area contributed by atoms with Crippen molar-refractivity contribution in [2.45, 2.75) is 31.9 Å². The van der Waals surface area contributed by atoms with E-state index >= 15 is 0 Å². The molecule has 0 aliphatic heterocycles. The van der Waals surface area contributed by atoms with E-state index < -0.39 is 44.2 Å². The molecule has 138 valence electrons. The van der Waals surface area contributed by atoms with Gasteiger partial charge in [-0.1, -0.05) is 19.1 Å². The first-order valence-corrected chi connectivity index (χ1v) is 9.80. The molecule has 2 atom stereocenters. The Bertz CT molecular complexity index is 755. The highest BCUT2D eigenvalue weighted by Crippen LogP contribution is 2.64. The van der Waals surface area contributed by atoms with Crippen LogP contribution in [0.15, 0.2) is 24.3 Å². The number of carbonyl (C=O) groups is 2. The van der Waals surface area contributed by atoms with Crippen LogP contribution in [0.1, 0.15) is 32.3 Å². The second-order valence-electron chi connectivity index (χ2n) is 5.71. The molecule has 1 aromatic carbocycles. The highest BCUT2D eigenvalue weighted by molar-refractivity contribution is 7.92. The fraction of sp³-hybridized carbons (Fsp3) is 0.529. The number of esters is 2. The molecule has 2 rings (SSSR count). The van der Waals surface area contributed by atoms with Crippen LogP contribution in [0.3, 0.4) is 0 Å². The van der Waals surface area contributed by atoms with Gasteiger partial charge in [0.15, 0.2) is 15.3 Å². The fourth-order valence-corrected chi connectivity index (χ4v) is 5.21. The van der Waals surface area contributed by atoms with Gasteiger partial charge in [-0.2, -0.15) is 0 Å². The highest BCUT2D eigenvalue weighted by Gasteiger charge is 2.81. The van der Waals surface area contributed by atoms with E-state index in [0.29, 0.717) is 0 Å². The van der Waals surface area contributed by atoms with Gasteiger partial charge >= 0.3 is 11.9 Å². The Morgan fingerprint density at radius 3 is 2.12 bits per heavy atom. The van der Waals surface area contributed by atoms with Crippen LogP contribution in [0.25, 0.3) is 0 Å². The first kappa shape index (κ1) is 19.4. The Kier molecular flexibility index (Phi) is 5.51. The van der Waals surface area contributed by atoms with Gasteiger partial charge in [-0.3, -0.25) is 9.59 Å². The normalized spacial score (nSPS) is 21.4. The second-order valence-corrected chi connectivity index (χ2v) is 8.13. The smallest absolute Gasteiger partial charge is 0.325 e. The quantitative estimate of drug-likeness (QED) is 0.536. The van der Waals surface area contributed by atoms with Crippen LogP contribution < -0.4 is 0 Å². The van der Waals surface area contributed by atoms with Crippen molar-refractivity contribution in [3.8, 4) is 0 Å². The summed E-state index contributed by atoms with van der Waals surface area (Å²) in [6.07, 6.45) is 0. The average molecular weight is 372 g/mol.